The summed E-state index contributed by atoms with van der Waals surface area (Å²) in [5.74, 6) is -1.71. The Kier molecular flexibility index (Phi) is 4.35. The van der Waals surface area contributed by atoms with Crippen molar-refractivity contribution >= 4 is 34.4 Å². The third kappa shape index (κ3) is 2.87. The number of carbonyl (C=O) groups excluding carboxylic acids is 2. The maximum atomic E-state index is 12.9. The minimum atomic E-state index is -1.03. The Balaban J connectivity index is 1.58. The van der Waals surface area contributed by atoms with Crippen molar-refractivity contribution in [3.63, 3.8) is 0 Å². The van der Waals surface area contributed by atoms with Gasteiger partial charge in [0, 0.05) is 10.9 Å². The Morgan fingerprint density at radius 3 is 2.33 bits per heavy atom. The molecule has 2 atom stereocenters. The number of fused-ring (bicyclic) bond motifs is 2. The van der Waals surface area contributed by atoms with Crippen LogP contribution in [0.15, 0.2) is 54.6 Å². The lowest BCUT2D eigenvalue weighted by molar-refractivity contribution is -0.122. The Bertz CT molecular complexity index is 1180. The molecule has 2 heterocycles. The normalized spacial score (nSPS) is 21.1. The van der Waals surface area contributed by atoms with Gasteiger partial charge in [-0.1, -0.05) is 43.2 Å². The van der Waals surface area contributed by atoms with Gasteiger partial charge in [-0.15, -0.1) is 0 Å². The van der Waals surface area contributed by atoms with Crippen LogP contribution in [-0.2, 0) is 9.59 Å². The number of rotatable bonds is 3. The van der Waals surface area contributed by atoms with Crippen LogP contribution in [0.5, 0.6) is 0 Å². The molecule has 1 aliphatic carbocycles. The summed E-state index contributed by atoms with van der Waals surface area (Å²) in [5.41, 5.74) is 2.42. The molecule has 0 unspecified atom stereocenters. The number of hydrogen-bond donors (Lipinski definition) is 1. The number of carbonyl (C=O) groups is 3. The summed E-state index contributed by atoms with van der Waals surface area (Å²) >= 11 is 0. The second-order valence-electron chi connectivity index (χ2n) is 7.94. The zero-order valence-corrected chi connectivity index (χ0v) is 16.2. The van der Waals surface area contributed by atoms with Gasteiger partial charge < -0.3 is 5.11 Å². The van der Waals surface area contributed by atoms with Gasteiger partial charge in [-0.2, -0.15) is 0 Å². The van der Waals surface area contributed by atoms with Crippen molar-refractivity contribution in [1.29, 1.82) is 0 Å². The number of benzene rings is 2. The molecule has 1 aromatic heterocycles. The van der Waals surface area contributed by atoms with Crippen LogP contribution in [0.4, 0.5) is 5.69 Å². The maximum Gasteiger partial charge on any atom is 0.336 e. The van der Waals surface area contributed by atoms with Crippen molar-refractivity contribution in [2.75, 3.05) is 4.90 Å². The SMILES string of the molecule is O=C(O)c1cc(-c2cccc(N3C(=O)[C@H]4CCCC[C@@H]4C3=O)c2)nc2ccccc12. The molecule has 2 amide bonds. The van der Waals surface area contributed by atoms with Crippen molar-refractivity contribution in [3.8, 4) is 11.3 Å². The Morgan fingerprint density at radius 1 is 0.933 bits per heavy atom. The van der Waals surface area contributed by atoms with Crippen LogP contribution in [0.25, 0.3) is 22.2 Å². The molecule has 0 spiro atoms. The molecule has 150 valence electrons. The van der Waals surface area contributed by atoms with Gasteiger partial charge in [-0.05, 0) is 37.1 Å². The molecule has 5 rings (SSSR count). The Morgan fingerprint density at radius 2 is 1.63 bits per heavy atom. The standard InChI is InChI=1S/C24H20N2O4/c27-22-17-9-1-2-10-18(17)23(28)26(22)15-7-5-6-14(12-15)21-13-19(24(29)30)16-8-3-4-11-20(16)25-21/h3-8,11-13,17-18H,1-2,9-10H2,(H,29,30)/t17-,18-/m0/s1. The quantitative estimate of drug-likeness (QED) is 0.663. The predicted octanol–water partition coefficient (Wildman–Crippen LogP) is 4.28. The van der Waals surface area contributed by atoms with E-state index in [0.29, 0.717) is 27.8 Å². The van der Waals surface area contributed by atoms with Gasteiger partial charge in [0.05, 0.1) is 34.3 Å². The fourth-order valence-electron chi connectivity index (χ4n) is 4.72. The van der Waals surface area contributed by atoms with Gasteiger partial charge in [0.2, 0.25) is 11.8 Å². The van der Waals surface area contributed by atoms with Crippen LogP contribution in [-0.4, -0.2) is 27.9 Å². The van der Waals surface area contributed by atoms with Crippen molar-refractivity contribution in [1.82, 2.24) is 4.98 Å². The summed E-state index contributed by atoms with van der Waals surface area (Å²) in [6, 6.07) is 15.7. The summed E-state index contributed by atoms with van der Waals surface area (Å²) in [5, 5.41) is 10.2. The number of imide groups is 1. The van der Waals surface area contributed by atoms with Crippen LogP contribution in [0.1, 0.15) is 36.0 Å². The first-order chi connectivity index (χ1) is 14.5. The largest absolute Gasteiger partial charge is 0.478 e. The first-order valence-electron chi connectivity index (χ1n) is 10.2. The molecule has 6 nitrogen and oxygen atoms in total. The molecular weight excluding hydrogens is 380 g/mol. The van der Waals surface area contributed by atoms with E-state index in [4.69, 9.17) is 0 Å². The number of carboxylic acids is 1. The van der Waals surface area contributed by atoms with Gasteiger partial charge in [-0.25, -0.2) is 9.78 Å². The topological polar surface area (TPSA) is 87.6 Å². The van der Waals surface area contributed by atoms with Crippen LogP contribution >= 0.6 is 0 Å². The number of amides is 2. The Hall–Kier alpha value is -3.54. The molecule has 6 heteroatoms. The van der Waals surface area contributed by atoms with E-state index in [1.165, 1.54) is 11.0 Å². The summed E-state index contributed by atoms with van der Waals surface area (Å²) < 4.78 is 0. The Labute approximate surface area is 173 Å². The van der Waals surface area contributed by atoms with E-state index >= 15 is 0 Å². The predicted molar refractivity (Wildman–Crippen MR) is 112 cm³/mol. The summed E-state index contributed by atoms with van der Waals surface area (Å²) in [6.45, 7) is 0. The number of aromatic carboxylic acids is 1. The van der Waals surface area contributed by atoms with Gasteiger partial charge in [-0.3, -0.25) is 14.5 Å². The number of pyridine rings is 1. The molecule has 2 aliphatic rings. The van der Waals surface area contributed by atoms with Crippen molar-refractivity contribution in [3.05, 3.63) is 60.2 Å². The number of anilines is 1. The van der Waals surface area contributed by atoms with Crippen LogP contribution < -0.4 is 4.90 Å². The molecule has 0 radical (unpaired) electrons. The van der Waals surface area contributed by atoms with Gasteiger partial charge in [0.25, 0.3) is 0 Å². The lowest BCUT2D eigenvalue weighted by Crippen LogP contribution is -2.30. The molecule has 1 saturated heterocycles. The number of aromatic nitrogens is 1. The fourth-order valence-corrected chi connectivity index (χ4v) is 4.72. The highest BCUT2D eigenvalue weighted by atomic mass is 16.4. The van der Waals surface area contributed by atoms with Gasteiger partial charge in [0.15, 0.2) is 0 Å². The first-order valence-corrected chi connectivity index (χ1v) is 10.2. The van der Waals surface area contributed by atoms with E-state index in [9.17, 15) is 19.5 Å². The van der Waals surface area contributed by atoms with E-state index in [1.807, 2.05) is 12.1 Å². The molecular formula is C24H20N2O4. The summed E-state index contributed by atoms with van der Waals surface area (Å²) in [4.78, 5) is 43.6. The smallest absolute Gasteiger partial charge is 0.336 e. The van der Waals surface area contributed by atoms with Crippen LogP contribution in [0.2, 0.25) is 0 Å². The van der Waals surface area contributed by atoms with E-state index < -0.39 is 5.97 Å². The third-order valence-electron chi connectivity index (χ3n) is 6.19. The molecule has 0 bridgehead atoms. The molecule has 30 heavy (non-hydrogen) atoms. The summed E-state index contributed by atoms with van der Waals surface area (Å²) in [7, 11) is 0. The highest BCUT2D eigenvalue weighted by molar-refractivity contribution is 6.22. The summed E-state index contributed by atoms with van der Waals surface area (Å²) in [6.07, 6.45) is 3.49. The molecule has 1 saturated carbocycles. The average molecular weight is 400 g/mol. The zero-order chi connectivity index (χ0) is 20.8. The lowest BCUT2D eigenvalue weighted by Gasteiger charge is -2.19. The number of hydrogen-bond acceptors (Lipinski definition) is 4. The second kappa shape index (κ2) is 7.06. The highest BCUT2D eigenvalue weighted by Crippen LogP contribution is 2.40. The van der Waals surface area contributed by atoms with Gasteiger partial charge >= 0.3 is 5.97 Å². The maximum absolute atomic E-state index is 12.9. The van der Waals surface area contributed by atoms with E-state index in [2.05, 4.69) is 4.98 Å². The van der Waals surface area contributed by atoms with E-state index in [0.717, 1.165) is 25.7 Å². The fraction of sp³-hybridized carbons (Fsp3) is 0.250. The van der Waals surface area contributed by atoms with Crippen molar-refractivity contribution in [2.45, 2.75) is 25.7 Å². The second-order valence-corrected chi connectivity index (χ2v) is 7.94. The van der Waals surface area contributed by atoms with E-state index in [-0.39, 0.29) is 29.2 Å². The van der Waals surface area contributed by atoms with Crippen molar-refractivity contribution < 1.29 is 19.5 Å². The minimum Gasteiger partial charge on any atom is -0.478 e. The molecule has 1 aliphatic heterocycles. The lowest BCUT2D eigenvalue weighted by atomic mass is 9.81. The monoisotopic (exact) mass is 400 g/mol. The highest BCUT2D eigenvalue weighted by Gasteiger charge is 2.48. The third-order valence-corrected chi connectivity index (χ3v) is 6.19. The van der Waals surface area contributed by atoms with Gasteiger partial charge in [0.1, 0.15) is 0 Å². The molecule has 3 aromatic rings. The molecule has 2 fully saturated rings. The first kappa shape index (κ1) is 18.5. The van der Waals surface area contributed by atoms with Crippen LogP contribution in [0.3, 0.4) is 0 Å². The minimum absolute atomic E-state index is 0.125. The van der Waals surface area contributed by atoms with Crippen molar-refractivity contribution in [2.24, 2.45) is 11.8 Å². The van der Waals surface area contributed by atoms with E-state index in [1.54, 1.807) is 36.4 Å². The number of para-hydroxylation sites is 1. The zero-order valence-electron chi connectivity index (χ0n) is 16.2. The molecule has 1 N–H and O–H groups in total. The number of nitrogens with zero attached hydrogens (tertiary/aromatic N) is 2. The average Bonchev–Trinajstić information content (AvgIpc) is 3.03. The molecule has 2 aromatic carbocycles. The number of carboxylic acid groups (broad SMARTS) is 1. The van der Waals surface area contributed by atoms with Crippen LogP contribution in [0, 0.1) is 11.8 Å².